The van der Waals surface area contributed by atoms with Crippen molar-refractivity contribution in [1.29, 1.82) is 0 Å². The molecule has 0 aliphatic heterocycles. The largest absolute Gasteiger partial charge is 0.350 e. The first-order chi connectivity index (χ1) is 9.69. The van der Waals surface area contributed by atoms with Crippen molar-refractivity contribution >= 4 is 17.3 Å². The van der Waals surface area contributed by atoms with Gasteiger partial charge >= 0.3 is 0 Å². The number of rotatable bonds is 6. The quantitative estimate of drug-likeness (QED) is 0.409. The number of benzene rings is 1. The zero-order valence-electron chi connectivity index (χ0n) is 12.6. The molecule has 0 fully saturated rings. The van der Waals surface area contributed by atoms with Crippen LogP contribution in [-0.2, 0) is 0 Å². The van der Waals surface area contributed by atoms with Crippen LogP contribution in [-0.4, -0.2) is 41.9 Å². The molecule has 0 aromatic heterocycles. The first kappa shape index (κ1) is 16.9. The van der Waals surface area contributed by atoms with Crippen molar-refractivity contribution in [2.75, 3.05) is 26.1 Å². The predicted octanol–water partition coefficient (Wildman–Crippen LogP) is 0.950. The van der Waals surface area contributed by atoms with Crippen LogP contribution in [0.3, 0.4) is 0 Å². The molecule has 1 aromatic rings. The van der Waals surface area contributed by atoms with E-state index >= 15 is 0 Å². The van der Waals surface area contributed by atoms with Gasteiger partial charge in [-0.25, -0.2) is 0 Å². The highest BCUT2D eigenvalue weighted by Gasteiger charge is 2.23. The number of likely N-dealkylation sites (N-methyl/N-ethyl adjacent to an activating group) is 1. The van der Waals surface area contributed by atoms with Gasteiger partial charge in [0.25, 0.3) is 11.6 Å². The molecule has 0 saturated carbocycles. The summed E-state index contributed by atoms with van der Waals surface area (Å²) >= 11 is 0. The molecule has 0 heterocycles. The summed E-state index contributed by atoms with van der Waals surface area (Å²) in [4.78, 5) is 24.4. The predicted molar refractivity (Wildman–Crippen MR) is 81.0 cm³/mol. The van der Waals surface area contributed by atoms with Gasteiger partial charge in [0.2, 0.25) is 0 Å². The summed E-state index contributed by atoms with van der Waals surface area (Å²) in [6.07, 6.45) is 0. The average molecular weight is 295 g/mol. The van der Waals surface area contributed by atoms with E-state index in [0.717, 1.165) is 0 Å². The van der Waals surface area contributed by atoms with Gasteiger partial charge in [0.05, 0.1) is 16.2 Å². The molecule has 0 bridgehead atoms. The highest BCUT2D eigenvalue weighted by Crippen LogP contribution is 2.21. The maximum atomic E-state index is 12.2. The van der Waals surface area contributed by atoms with Gasteiger partial charge in [-0.05, 0) is 34.0 Å². The second-order valence-electron chi connectivity index (χ2n) is 5.52. The van der Waals surface area contributed by atoms with Crippen LogP contribution in [0.1, 0.15) is 24.2 Å². The number of nitro benzene ring substituents is 1. The Labute approximate surface area is 123 Å². The minimum Gasteiger partial charge on any atom is -0.350 e. The van der Waals surface area contributed by atoms with Crippen molar-refractivity contribution < 1.29 is 9.72 Å². The van der Waals surface area contributed by atoms with Crippen LogP contribution in [0.15, 0.2) is 18.2 Å². The van der Waals surface area contributed by atoms with E-state index in [2.05, 4.69) is 10.7 Å². The minimum atomic E-state index is -0.555. The standard InChI is InChI=1S/C13H21N5O3/c1-13(2,17(3)4)8-15-12(19)10-7-9(18(20)21)5-6-11(10)16-14/h5-7,16H,8,14H2,1-4H3,(H,15,19). The molecule has 116 valence electrons. The van der Waals surface area contributed by atoms with Gasteiger partial charge in [-0.3, -0.25) is 20.8 Å². The number of hydrogen-bond acceptors (Lipinski definition) is 6. The van der Waals surface area contributed by atoms with Crippen LogP contribution in [0, 0.1) is 10.1 Å². The Balaban J connectivity index is 2.96. The van der Waals surface area contributed by atoms with E-state index in [1.807, 2.05) is 32.8 Å². The number of hydrogen-bond donors (Lipinski definition) is 3. The van der Waals surface area contributed by atoms with E-state index in [0.29, 0.717) is 12.2 Å². The van der Waals surface area contributed by atoms with Crippen molar-refractivity contribution in [3.05, 3.63) is 33.9 Å². The van der Waals surface area contributed by atoms with Crippen molar-refractivity contribution in [2.45, 2.75) is 19.4 Å². The smallest absolute Gasteiger partial charge is 0.270 e. The topological polar surface area (TPSA) is 114 Å². The molecule has 0 atom stereocenters. The minimum absolute atomic E-state index is 0.140. The van der Waals surface area contributed by atoms with Crippen LogP contribution >= 0.6 is 0 Å². The third-order valence-electron chi connectivity index (χ3n) is 3.51. The number of anilines is 1. The maximum Gasteiger partial charge on any atom is 0.270 e. The summed E-state index contributed by atoms with van der Waals surface area (Å²) < 4.78 is 0. The molecular weight excluding hydrogens is 274 g/mol. The molecule has 1 rings (SSSR count). The van der Waals surface area contributed by atoms with E-state index in [9.17, 15) is 14.9 Å². The first-order valence-electron chi connectivity index (χ1n) is 6.39. The lowest BCUT2D eigenvalue weighted by atomic mass is 10.0. The van der Waals surface area contributed by atoms with E-state index in [1.165, 1.54) is 18.2 Å². The van der Waals surface area contributed by atoms with Crippen LogP contribution in [0.2, 0.25) is 0 Å². The molecule has 0 unspecified atom stereocenters. The van der Waals surface area contributed by atoms with Crippen LogP contribution < -0.4 is 16.6 Å². The molecule has 8 heteroatoms. The Kier molecular flexibility index (Phi) is 5.23. The fraction of sp³-hybridized carbons (Fsp3) is 0.462. The molecular formula is C13H21N5O3. The zero-order valence-corrected chi connectivity index (χ0v) is 12.6. The zero-order chi connectivity index (χ0) is 16.2. The lowest BCUT2D eigenvalue weighted by Gasteiger charge is -2.32. The molecule has 0 radical (unpaired) electrons. The van der Waals surface area contributed by atoms with Crippen LogP contribution in [0.4, 0.5) is 11.4 Å². The summed E-state index contributed by atoms with van der Waals surface area (Å²) in [5, 5.41) is 13.6. The van der Waals surface area contributed by atoms with Crippen molar-refractivity contribution in [3.63, 3.8) is 0 Å². The van der Waals surface area contributed by atoms with Gasteiger partial charge in [-0.1, -0.05) is 0 Å². The summed E-state index contributed by atoms with van der Waals surface area (Å²) in [5.74, 6) is 4.92. The second-order valence-corrected chi connectivity index (χ2v) is 5.52. The summed E-state index contributed by atoms with van der Waals surface area (Å²) in [6, 6.07) is 3.90. The first-order valence-corrected chi connectivity index (χ1v) is 6.39. The van der Waals surface area contributed by atoms with Gasteiger partial charge < -0.3 is 15.6 Å². The van der Waals surface area contributed by atoms with Crippen molar-refractivity contribution in [2.24, 2.45) is 5.84 Å². The highest BCUT2D eigenvalue weighted by molar-refractivity contribution is 6.00. The average Bonchev–Trinajstić information content (AvgIpc) is 2.43. The number of carbonyl (C=O) groups excluding carboxylic acids is 1. The number of nitrogens with one attached hydrogen (secondary N) is 2. The van der Waals surface area contributed by atoms with E-state index in [1.54, 1.807) is 0 Å². The number of amides is 1. The summed E-state index contributed by atoms with van der Waals surface area (Å²) in [6.45, 7) is 4.34. The second kappa shape index (κ2) is 6.51. The molecule has 0 saturated heterocycles. The Bertz CT molecular complexity index is 543. The van der Waals surface area contributed by atoms with Gasteiger partial charge in [-0.2, -0.15) is 0 Å². The highest BCUT2D eigenvalue weighted by atomic mass is 16.6. The van der Waals surface area contributed by atoms with Gasteiger partial charge in [0, 0.05) is 24.2 Å². The number of nitro groups is 1. The molecule has 8 nitrogen and oxygen atoms in total. The Morgan fingerprint density at radius 3 is 2.52 bits per heavy atom. The Morgan fingerprint density at radius 1 is 1.43 bits per heavy atom. The number of nitrogens with zero attached hydrogens (tertiary/aromatic N) is 2. The molecule has 1 amide bonds. The van der Waals surface area contributed by atoms with Crippen LogP contribution in [0.25, 0.3) is 0 Å². The summed E-state index contributed by atoms with van der Waals surface area (Å²) in [7, 11) is 3.82. The van der Waals surface area contributed by atoms with E-state index < -0.39 is 10.8 Å². The van der Waals surface area contributed by atoms with E-state index in [-0.39, 0.29) is 16.8 Å². The fourth-order valence-corrected chi connectivity index (χ4v) is 1.51. The Morgan fingerprint density at radius 2 is 2.05 bits per heavy atom. The number of carbonyl (C=O) groups is 1. The molecule has 4 N–H and O–H groups in total. The molecule has 21 heavy (non-hydrogen) atoms. The number of hydrazine groups is 1. The molecule has 0 spiro atoms. The fourth-order valence-electron chi connectivity index (χ4n) is 1.51. The SMILES string of the molecule is CN(C)C(C)(C)CNC(=O)c1cc([N+](=O)[O-])ccc1NN. The van der Waals surface area contributed by atoms with Crippen molar-refractivity contribution in [1.82, 2.24) is 10.2 Å². The third-order valence-corrected chi connectivity index (χ3v) is 3.51. The normalized spacial score (nSPS) is 11.3. The lowest BCUT2D eigenvalue weighted by Crippen LogP contribution is -2.48. The molecule has 1 aromatic carbocycles. The number of non-ortho nitro benzene ring substituents is 1. The third kappa shape index (κ3) is 4.14. The summed E-state index contributed by atoms with van der Waals surface area (Å²) in [5.41, 5.74) is 2.44. The molecule has 0 aliphatic rings. The van der Waals surface area contributed by atoms with Gasteiger partial charge in [0.1, 0.15) is 0 Å². The number of nitrogen functional groups attached to an aromatic ring is 1. The monoisotopic (exact) mass is 295 g/mol. The lowest BCUT2D eigenvalue weighted by molar-refractivity contribution is -0.384. The number of nitrogens with two attached hydrogens (primary N) is 1. The molecule has 0 aliphatic carbocycles. The maximum absolute atomic E-state index is 12.2. The van der Waals surface area contributed by atoms with E-state index in [4.69, 9.17) is 5.84 Å². The van der Waals surface area contributed by atoms with Gasteiger partial charge in [-0.15, -0.1) is 0 Å². The van der Waals surface area contributed by atoms with Gasteiger partial charge in [0.15, 0.2) is 0 Å². The van der Waals surface area contributed by atoms with Crippen LogP contribution in [0.5, 0.6) is 0 Å². The Hall–Kier alpha value is -2.19. The van der Waals surface area contributed by atoms with Crippen molar-refractivity contribution in [3.8, 4) is 0 Å².